The fraction of sp³-hybridized carbons (Fsp3) is 0.400. The number of rotatable bonds is 3. The number of imidazole rings is 1. The first-order chi connectivity index (χ1) is 16.5. The number of anilines is 1. The van der Waals surface area contributed by atoms with Crippen LogP contribution in [0.5, 0.6) is 0 Å². The second-order valence-electron chi connectivity index (χ2n) is 9.26. The number of hydrogen-bond donors (Lipinski definition) is 2. The van der Waals surface area contributed by atoms with Crippen LogP contribution >= 0.6 is 0 Å². The molecule has 3 atom stereocenters. The number of aliphatic hydroxyl groups is 1. The molecule has 2 fully saturated rings. The topological polar surface area (TPSA) is 99.0 Å². The molecule has 2 aliphatic heterocycles. The number of hydrogen-bond acceptors (Lipinski definition) is 6. The molecule has 1 amide bonds. The van der Waals surface area contributed by atoms with Crippen molar-refractivity contribution in [2.45, 2.75) is 38.5 Å². The lowest BCUT2D eigenvalue weighted by Gasteiger charge is -2.33. The van der Waals surface area contributed by atoms with Crippen molar-refractivity contribution in [3.63, 3.8) is 0 Å². The van der Waals surface area contributed by atoms with Crippen LogP contribution in [0.3, 0.4) is 0 Å². The molecule has 9 nitrogen and oxygen atoms in total. The van der Waals surface area contributed by atoms with E-state index in [1.54, 1.807) is 11.8 Å². The molecule has 34 heavy (non-hydrogen) atoms. The number of likely N-dealkylation sites (tertiary alicyclic amines) is 1. The van der Waals surface area contributed by atoms with Gasteiger partial charge in [-0.25, -0.2) is 9.97 Å². The molecule has 6 rings (SSSR count). The molecule has 0 bridgehead atoms. The van der Waals surface area contributed by atoms with Crippen molar-refractivity contribution < 1.29 is 14.6 Å². The number of carbonyl (C=O) groups excluding carboxylic acids is 1. The molecule has 176 valence electrons. The highest BCUT2D eigenvalue weighted by molar-refractivity contribution is 5.85. The van der Waals surface area contributed by atoms with Gasteiger partial charge in [-0.3, -0.25) is 9.20 Å². The van der Waals surface area contributed by atoms with Gasteiger partial charge in [0.1, 0.15) is 5.82 Å². The third kappa shape index (κ3) is 3.43. The van der Waals surface area contributed by atoms with Crippen molar-refractivity contribution in [3.8, 4) is 11.3 Å². The highest BCUT2D eigenvalue weighted by Gasteiger charge is 2.37. The number of nitrogens with zero attached hydrogens (tertiary/aromatic N) is 5. The van der Waals surface area contributed by atoms with Crippen molar-refractivity contribution in [1.82, 2.24) is 24.3 Å². The number of morpholine rings is 1. The number of carbonyl (C=O) groups is 1. The van der Waals surface area contributed by atoms with Crippen LogP contribution in [0, 0.1) is 0 Å². The lowest BCUT2D eigenvalue weighted by Crippen LogP contribution is -2.41. The molecule has 2 N–H and O–H groups in total. The third-order valence-electron chi connectivity index (χ3n) is 6.93. The minimum absolute atomic E-state index is 0.0664. The average Bonchev–Trinajstić information content (AvgIpc) is 3.55. The molecule has 0 aliphatic carbocycles. The maximum atomic E-state index is 12.4. The van der Waals surface area contributed by atoms with E-state index in [0.717, 1.165) is 59.1 Å². The Morgan fingerprint density at radius 1 is 1.18 bits per heavy atom. The number of nitrogens with one attached hydrogen (secondary N) is 1. The van der Waals surface area contributed by atoms with Crippen molar-refractivity contribution in [3.05, 3.63) is 48.5 Å². The Bertz CT molecular complexity index is 1360. The zero-order chi connectivity index (χ0) is 23.4. The molecule has 9 heteroatoms. The van der Waals surface area contributed by atoms with Gasteiger partial charge in [0.05, 0.1) is 47.8 Å². The van der Waals surface area contributed by atoms with Gasteiger partial charge in [-0.15, -0.1) is 0 Å². The molecule has 1 aromatic carbocycles. The Morgan fingerprint density at radius 2 is 2.00 bits per heavy atom. The number of amides is 1. The van der Waals surface area contributed by atoms with Crippen LogP contribution in [0.1, 0.15) is 32.1 Å². The number of aromatic amines is 1. The largest absolute Gasteiger partial charge is 0.391 e. The van der Waals surface area contributed by atoms with Gasteiger partial charge in [-0.05, 0) is 25.1 Å². The van der Waals surface area contributed by atoms with E-state index in [9.17, 15) is 9.90 Å². The minimum Gasteiger partial charge on any atom is -0.391 e. The number of H-pyrrole nitrogens is 1. The van der Waals surface area contributed by atoms with Crippen LogP contribution in [0.25, 0.3) is 27.9 Å². The van der Waals surface area contributed by atoms with Crippen LogP contribution in [0.4, 0.5) is 5.69 Å². The summed E-state index contributed by atoms with van der Waals surface area (Å²) in [4.78, 5) is 29.2. The molecule has 2 aliphatic rings. The van der Waals surface area contributed by atoms with E-state index in [-0.39, 0.29) is 18.1 Å². The summed E-state index contributed by atoms with van der Waals surface area (Å²) in [5, 5.41) is 10.4. The molecule has 3 unspecified atom stereocenters. The Balaban J connectivity index is 1.46. The molecule has 0 spiro atoms. The summed E-state index contributed by atoms with van der Waals surface area (Å²) >= 11 is 0. The summed E-state index contributed by atoms with van der Waals surface area (Å²) in [6, 6.07) is 10.1. The second-order valence-corrected chi connectivity index (χ2v) is 9.26. The first-order valence-electron chi connectivity index (χ1n) is 11.8. The predicted octanol–water partition coefficient (Wildman–Crippen LogP) is 2.76. The summed E-state index contributed by atoms with van der Waals surface area (Å²) in [5.41, 5.74) is 5.49. The summed E-state index contributed by atoms with van der Waals surface area (Å²) in [6.45, 7) is 6.44. The van der Waals surface area contributed by atoms with E-state index < -0.39 is 6.10 Å². The van der Waals surface area contributed by atoms with Gasteiger partial charge >= 0.3 is 0 Å². The molecular formula is C25H28N6O3. The van der Waals surface area contributed by atoms with Crippen molar-refractivity contribution >= 4 is 28.3 Å². The van der Waals surface area contributed by atoms with Gasteiger partial charge in [-0.2, -0.15) is 0 Å². The number of β-amino-alcohol motifs (C(OH)–C–C–N with tert-alkyl or cyclic N) is 1. The maximum absolute atomic E-state index is 12.4. The SMILES string of the molecule is CC(=O)N1CC(O)CC1c1nc(-c2ccc(N3CCOC(C)C3)cc2)c2cnc3[nH]ccc3n12. The smallest absolute Gasteiger partial charge is 0.220 e. The minimum atomic E-state index is -0.566. The van der Waals surface area contributed by atoms with E-state index in [1.165, 1.54) is 0 Å². The first-order valence-corrected chi connectivity index (χ1v) is 11.8. The molecule has 3 aromatic heterocycles. The Kier molecular flexibility index (Phi) is 5.04. The van der Waals surface area contributed by atoms with Gasteiger partial charge in [0.25, 0.3) is 0 Å². The highest BCUT2D eigenvalue weighted by Crippen LogP contribution is 2.37. The zero-order valence-corrected chi connectivity index (χ0v) is 19.3. The van der Waals surface area contributed by atoms with Crippen molar-refractivity contribution in [2.75, 3.05) is 31.1 Å². The number of ether oxygens (including phenoxy) is 1. The van der Waals surface area contributed by atoms with Crippen LogP contribution in [0.15, 0.2) is 42.7 Å². The quantitative estimate of drug-likeness (QED) is 0.488. The van der Waals surface area contributed by atoms with Crippen molar-refractivity contribution in [1.29, 1.82) is 0 Å². The highest BCUT2D eigenvalue weighted by atomic mass is 16.5. The molecular weight excluding hydrogens is 432 g/mol. The van der Waals surface area contributed by atoms with E-state index in [0.29, 0.717) is 13.0 Å². The standard InChI is InChI=1S/C25H28N6O3/c1-15-13-29(9-10-34-15)18-5-3-17(4-6-18)23-22-12-27-24-20(7-8-26-24)31(22)25(28-23)21-11-19(33)14-30(21)16(2)32/h3-8,12,15,19,21,26,33H,9-11,13-14H2,1-2H3. The lowest BCUT2D eigenvalue weighted by atomic mass is 10.1. The van der Waals surface area contributed by atoms with Gasteiger partial charge in [0.2, 0.25) is 5.91 Å². The second kappa shape index (κ2) is 8.11. The Hall–Kier alpha value is -3.43. The Morgan fingerprint density at radius 3 is 2.76 bits per heavy atom. The number of fused-ring (bicyclic) bond motifs is 3. The Labute approximate surface area is 197 Å². The van der Waals surface area contributed by atoms with Gasteiger partial charge in [-0.1, -0.05) is 12.1 Å². The predicted molar refractivity (Wildman–Crippen MR) is 129 cm³/mol. The summed E-state index contributed by atoms with van der Waals surface area (Å²) < 4.78 is 7.75. The van der Waals surface area contributed by atoms with Crippen molar-refractivity contribution in [2.24, 2.45) is 0 Å². The summed E-state index contributed by atoms with van der Waals surface area (Å²) in [5.74, 6) is 0.679. The molecule has 2 saturated heterocycles. The molecule has 5 heterocycles. The van der Waals surface area contributed by atoms with Crippen LogP contribution in [-0.2, 0) is 9.53 Å². The number of aromatic nitrogens is 4. The summed E-state index contributed by atoms with van der Waals surface area (Å²) in [7, 11) is 0. The normalized spacial score (nSPS) is 23.3. The van der Waals surface area contributed by atoms with Gasteiger partial charge in [0, 0.05) is 50.4 Å². The fourth-order valence-corrected chi connectivity index (χ4v) is 5.31. The van der Waals surface area contributed by atoms with E-state index >= 15 is 0 Å². The van der Waals surface area contributed by atoms with Crippen LogP contribution in [-0.4, -0.2) is 73.7 Å². The lowest BCUT2D eigenvalue weighted by molar-refractivity contribution is -0.130. The fourth-order valence-electron chi connectivity index (χ4n) is 5.31. The van der Waals surface area contributed by atoms with Crippen LogP contribution < -0.4 is 4.90 Å². The molecule has 4 aromatic rings. The van der Waals surface area contributed by atoms with E-state index in [4.69, 9.17) is 9.72 Å². The monoisotopic (exact) mass is 460 g/mol. The van der Waals surface area contributed by atoms with E-state index in [2.05, 4.69) is 50.5 Å². The maximum Gasteiger partial charge on any atom is 0.220 e. The first kappa shape index (κ1) is 21.1. The third-order valence-corrected chi connectivity index (χ3v) is 6.93. The van der Waals surface area contributed by atoms with Crippen LogP contribution in [0.2, 0.25) is 0 Å². The zero-order valence-electron chi connectivity index (χ0n) is 19.3. The number of benzene rings is 1. The molecule has 0 radical (unpaired) electrons. The average molecular weight is 461 g/mol. The van der Waals surface area contributed by atoms with Gasteiger partial charge < -0.3 is 24.6 Å². The summed E-state index contributed by atoms with van der Waals surface area (Å²) in [6.07, 6.45) is 3.79. The van der Waals surface area contributed by atoms with E-state index in [1.807, 2.05) is 18.5 Å². The molecule has 0 saturated carbocycles. The van der Waals surface area contributed by atoms with Gasteiger partial charge in [0.15, 0.2) is 5.65 Å². The number of aliphatic hydroxyl groups excluding tert-OH is 1.